The van der Waals surface area contributed by atoms with E-state index in [9.17, 15) is 0 Å². The first-order valence-electron chi connectivity index (χ1n) is 4.09. The second kappa shape index (κ2) is 4.51. The molecule has 0 saturated carbocycles. The Morgan fingerprint density at radius 2 is 1.92 bits per heavy atom. The zero-order valence-electron chi connectivity index (χ0n) is 7.50. The predicted octanol–water partition coefficient (Wildman–Crippen LogP) is 2.91. The molecule has 0 aromatic heterocycles. The van der Waals surface area contributed by atoms with Crippen molar-refractivity contribution in [2.45, 2.75) is 13.0 Å². The average Bonchev–Trinajstić information content (AvgIpc) is 2.17. The van der Waals surface area contributed by atoms with Gasteiger partial charge in [0.05, 0.1) is 0 Å². The Balaban J connectivity index is 2.71. The lowest BCUT2D eigenvalue weighted by atomic mass is 10.2. The highest BCUT2D eigenvalue weighted by atomic mass is 79.9. The molecule has 1 aromatic rings. The van der Waals surface area contributed by atoms with Crippen molar-refractivity contribution in [2.24, 2.45) is 0 Å². The number of nitrogens with zero attached hydrogens (tertiary/aromatic N) is 1. The normalized spacial score (nSPS) is 12.6. The second-order valence-corrected chi connectivity index (χ2v) is 3.60. The van der Waals surface area contributed by atoms with Gasteiger partial charge in [0.2, 0.25) is 0 Å². The Hall–Kier alpha value is -0.500. The van der Waals surface area contributed by atoms with Crippen molar-refractivity contribution in [1.82, 2.24) is 0 Å². The third-order valence-corrected chi connectivity index (χ3v) is 2.98. The van der Waals surface area contributed by atoms with Crippen molar-refractivity contribution in [3.8, 4) is 0 Å². The van der Waals surface area contributed by atoms with Crippen LogP contribution in [0.15, 0.2) is 30.3 Å². The summed E-state index contributed by atoms with van der Waals surface area (Å²) in [5.41, 5.74) is 1.27. The van der Waals surface area contributed by atoms with Crippen molar-refractivity contribution >= 4 is 21.6 Å². The first-order valence-corrected chi connectivity index (χ1v) is 5.21. The minimum Gasteiger partial charge on any atom is -0.371 e. The fourth-order valence-electron chi connectivity index (χ4n) is 1.02. The molecule has 0 aliphatic heterocycles. The van der Waals surface area contributed by atoms with E-state index in [-0.39, 0.29) is 0 Å². The molecule has 12 heavy (non-hydrogen) atoms. The van der Waals surface area contributed by atoms with Crippen LogP contribution in [-0.2, 0) is 0 Å². The van der Waals surface area contributed by atoms with Crippen LogP contribution in [0.3, 0.4) is 0 Å². The highest BCUT2D eigenvalue weighted by molar-refractivity contribution is 9.09. The fourth-order valence-corrected chi connectivity index (χ4v) is 1.46. The van der Waals surface area contributed by atoms with Gasteiger partial charge in [-0.25, -0.2) is 0 Å². The van der Waals surface area contributed by atoms with Gasteiger partial charge in [-0.1, -0.05) is 34.1 Å². The lowest BCUT2D eigenvalue weighted by Crippen LogP contribution is -2.29. The van der Waals surface area contributed by atoms with Crippen LogP contribution >= 0.6 is 15.9 Å². The van der Waals surface area contributed by atoms with Crippen LogP contribution in [0.5, 0.6) is 0 Å². The third-order valence-electron chi connectivity index (χ3n) is 2.05. The lowest BCUT2D eigenvalue weighted by Gasteiger charge is -2.25. The van der Waals surface area contributed by atoms with Crippen LogP contribution in [0, 0.1) is 0 Å². The van der Waals surface area contributed by atoms with E-state index >= 15 is 0 Å². The molecule has 1 aromatic carbocycles. The van der Waals surface area contributed by atoms with E-state index in [0.29, 0.717) is 6.04 Å². The number of hydrogen-bond donors (Lipinski definition) is 0. The van der Waals surface area contributed by atoms with Gasteiger partial charge in [0.25, 0.3) is 0 Å². The van der Waals surface area contributed by atoms with E-state index in [1.54, 1.807) is 0 Å². The summed E-state index contributed by atoms with van der Waals surface area (Å²) in [4.78, 5) is 2.26. The van der Waals surface area contributed by atoms with E-state index in [1.165, 1.54) is 5.69 Å². The van der Waals surface area contributed by atoms with Gasteiger partial charge in [0, 0.05) is 24.1 Å². The molecule has 0 amide bonds. The highest BCUT2D eigenvalue weighted by Gasteiger charge is 2.06. The standard InChI is InChI=1S/C10H14BrN/c1-9(8-11)12(2)10-6-4-3-5-7-10/h3-7,9H,8H2,1-2H3. The molecule has 66 valence electrons. The summed E-state index contributed by atoms with van der Waals surface area (Å²) in [5, 5.41) is 0.998. The number of para-hydroxylation sites is 1. The summed E-state index contributed by atoms with van der Waals surface area (Å²) in [5.74, 6) is 0. The van der Waals surface area contributed by atoms with Gasteiger partial charge in [-0.3, -0.25) is 0 Å². The summed E-state index contributed by atoms with van der Waals surface area (Å²) in [6.07, 6.45) is 0. The number of anilines is 1. The molecule has 0 fully saturated rings. The Labute approximate surface area is 82.5 Å². The van der Waals surface area contributed by atoms with Crippen LogP contribution < -0.4 is 4.90 Å². The molecular formula is C10H14BrN. The Morgan fingerprint density at radius 3 is 2.42 bits per heavy atom. The molecule has 0 aliphatic rings. The first kappa shape index (κ1) is 9.59. The van der Waals surface area contributed by atoms with Gasteiger partial charge in [0.15, 0.2) is 0 Å². The number of alkyl halides is 1. The average molecular weight is 228 g/mol. The van der Waals surface area contributed by atoms with E-state index in [2.05, 4.69) is 59.1 Å². The number of hydrogen-bond acceptors (Lipinski definition) is 1. The van der Waals surface area contributed by atoms with Gasteiger partial charge in [-0.05, 0) is 19.1 Å². The van der Waals surface area contributed by atoms with Crippen molar-refractivity contribution in [2.75, 3.05) is 17.3 Å². The SMILES string of the molecule is CC(CBr)N(C)c1ccccc1. The zero-order valence-corrected chi connectivity index (χ0v) is 9.08. The molecule has 0 N–H and O–H groups in total. The van der Waals surface area contributed by atoms with Gasteiger partial charge in [0.1, 0.15) is 0 Å². The highest BCUT2D eigenvalue weighted by Crippen LogP contribution is 2.14. The molecule has 0 spiro atoms. The van der Waals surface area contributed by atoms with E-state index in [1.807, 2.05) is 6.07 Å². The van der Waals surface area contributed by atoms with E-state index < -0.39 is 0 Å². The summed E-state index contributed by atoms with van der Waals surface area (Å²) >= 11 is 3.47. The maximum absolute atomic E-state index is 3.47. The minimum atomic E-state index is 0.535. The molecule has 2 heteroatoms. The van der Waals surface area contributed by atoms with Crippen LogP contribution in [0.1, 0.15) is 6.92 Å². The third kappa shape index (κ3) is 2.24. The molecular weight excluding hydrogens is 214 g/mol. The van der Waals surface area contributed by atoms with Crippen molar-refractivity contribution in [3.63, 3.8) is 0 Å². The Morgan fingerprint density at radius 1 is 1.33 bits per heavy atom. The first-order chi connectivity index (χ1) is 5.75. The Bertz CT molecular complexity index is 223. The minimum absolute atomic E-state index is 0.535. The summed E-state index contributed by atoms with van der Waals surface area (Å²) < 4.78 is 0. The largest absolute Gasteiger partial charge is 0.371 e. The second-order valence-electron chi connectivity index (χ2n) is 2.95. The maximum atomic E-state index is 3.47. The molecule has 0 radical (unpaired) electrons. The smallest absolute Gasteiger partial charge is 0.0366 e. The quantitative estimate of drug-likeness (QED) is 0.719. The van der Waals surface area contributed by atoms with Crippen molar-refractivity contribution < 1.29 is 0 Å². The van der Waals surface area contributed by atoms with Crippen LogP contribution in [-0.4, -0.2) is 18.4 Å². The van der Waals surface area contributed by atoms with Gasteiger partial charge >= 0.3 is 0 Å². The van der Waals surface area contributed by atoms with Gasteiger partial charge < -0.3 is 4.90 Å². The predicted molar refractivity (Wildman–Crippen MR) is 58.1 cm³/mol. The van der Waals surface area contributed by atoms with Gasteiger partial charge in [-0.2, -0.15) is 0 Å². The van der Waals surface area contributed by atoms with Crippen LogP contribution in [0.4, 0.5) is 5.69 Å². The molecule has 1 rings (SSSR count). The molecule has 0 bridgehead atoms. The summed E-state index contributed by atoms with van der Waals surface area (Å²) in [7, 11) is 2.11. The monoisotopic (exact) mass is 227 g/mol. The van der Waals surface area contributed by atoms with E-state index in [4.69, 9.17) is 0 Å². The van der Waals surface area contributed by atoms with Crippen LogP contribution in [0.2, 0.25) is 0 Å². The van der Waals surface area contributed by atoms with Crippen LogP contribution in [0.25, 0.3) is 0 Å². The molecule has 1 atom stereocenters. The Kier molecular flexibility index (Phi) is 3.60. The topological polar surface area (TPSA) is 3.24 Å². The molecule has 0 saturated heterocycles. The van der Waals surface area contributed by atoms with Crippen molar-refractivity contribution in [3.05, 3.63) is 30.3 Å². The fraction of sp³-hybridized carbons (Fsp3) is 0.400. The van der Waals surface area contributed by atoms with E-state index in [0.717, 1.165) is 5.33 Å². The number of rotatable bonds is 3. The maximum Gasteiger partial charge on any atom is 0.0366 e. The number of halogens is 1. The van der Waals surface area contributed by atoms with Gasteiger partial charge in [-0.15, -0.1) is 0 Å². The zero-order chi connectivity index (χ0) is 8.97. The van der Waals surface area contributed by atoms with Crippen molar-refractivity contribution in [1.29, 1.82) is 0 Å². The summed E-state index contributed by atoms with van der Waals surface area (Å²) in [6.45, 7) is 2.20. The molecule has 1 unspecified atom stereocenters. The summed E-state index contributed by atoms with van der Waals surface area (Å²) in [6, 6.07) is 10.9. The molecule has 0 heterocycles. The molecule has 1 nitrogen and oxygen atoms in total. The molecule has 0 aliphatic carbocycles. The lowest BCUT2D eigenvalue weighted by molar-refractivity contribution is 0.769. The number of benzene rings is 1.